The topological polar surface area (TPSA) is 18.5 Å². The Morgan fingerprint density at radius 2 is 1.95 bits per heavy atom. The van der Waals surface area contributed by atoms with E-state index >= 15 is 0 Å². The van der Waals surface area contributed by atoms with Gasteiger partial charge >= 0.3 is 0 Å². The molecule has 0 aliphatic rings. The first-order valence-electron chi connectivity index (χ1n) is 7.06. The predicted molar refractivity (Wildman–Crippen MR) is 85.0 cm³/mol. The molecule has 1 rings (SSSR count). The van der Waals surface area contributed by atoms with Crippen molar-refractivity contribution in [2.45, 2.75) is 39.4 Å². The highest BCUT2D eigenvalue weighted by molar-refractivity contribution is 5.26. The average Bonchev–Trinajstić information content (AvgIpc) is 2.43. The summed E-state index contributed by atoms with van der Waals surface area (Å²) in [6.07, 6.45) is 3.96. The van der Waals surface area contributed by atoms with E-state index in [0.717, 1.165) is 24.2 Å². The van der Waals surface area contributed by atoms with Gasteiger partial charge in [0, 0.05) is 0 Å². The van der Waals surface area contributed by atoms with Gasteiger partial charge in [-0.05, 0) is 43.4 Å². The summed E-state index contributed by atoms with van der Waals surface area (Å²) in [4.78, 5) is 0. The molecule has 0 amide bonds. The van der Waals surface area contributed by atoms with E-state index in [-0.39, 0.29) is 6.10 Å². The maximum Gasteiger partial charge on any atom is 0.118 e. The van der Waals surface area contributed by atoms with Crippen molar-refractivity contribution in [1.82, 2.24) is 0 Å². The van der Waals surface area contributed by atoms with Crippen molar-refractivity contribution in [2.75, 3.05) is 7.11 Å². The van der Waals surface area contributed by atoms with Gasteiger partial charge in [0.15, 0.2) is 0 Å². The van der Waals surface area contributed by atoms with Crippen LogP contribution >= 0.6 is 0 Å². The number of benzene rings is 1. The molecule has 0 aromatic heterocycles. The van der Waals surface area contributed by atoms with Crippen LogP contribution in [0.15, 0.2) is 49.1 Å². The Kier molecular flexibility index (Phi) is 7.10. The molecule has 0 N–H and O–H groups in total. The van der Waals surface area contributed by atoms with Crippen LogP contribution in [0.1, 0.15) is 32.3 Å². The van der Waals surface area contributed by atoms with E-state index in [9.17, 15) is 0 Å². The number of ether oxygens (including phenoxy) is 2. The highest BCUT2D eigenvalue weighted by Crippen LogP contribution is 2.21. The van der Waals surface area contributed by atoms with E-state index in [1.807, 2.05) is 30.3 Å². The predicted octanol–water partition coefficient (Wildman–Crippen LogP) is 4.76. The van der Waals surface area contributed by atoms with Gasteiger partial charge in [-0.3, -0.25) is 0 Å². The standard InChI is InChI=1S/C18H26O2/c1-6-7-18(15(4)12-14(2)3)20-13-16-8-10-17(19-5)11-9-16/h6,8-11,15,18H,1-2,7,12-13H2,3-5H3/t15-,18+/m0/s1. The summed E-state index contributed by atoms with van der Waals surface area (Å²) in [5.74, 6) is 1.32. The molecule has 0 unspecified atom stereocenters. The minimum absolute atomic E-state index is 0.186. The molecular weight excluding hydrogens is 248 g/mol. The first-order valence-corrected chi connectivity index (χ1v) is 7.06. The van der Waals surface area contributed by atoms with E-state index in [1.165, 1.54) is 5.57 Å². The summed E-state index contributed by atoms with van der Waals surface area (Å²) in [6, 6.07) is 7.98. The second kappa shape index (κ2) is 8.60. The van der Waals surface area contributed by atoms with E-state index in [1.54, 1.807) is 7.11 Å². The van der Waals surface area contributed by atoms with Crippen LogP contribution < -0.4 is 4.74 Å². The van der Waals surface area contributed by atoms with E-state index in [0.29, 0.717) is 12.5 Å². The van der Waals surface area contributed by atoms with Crippen molar-refractivity contribution in [3.8, 4) is 5.75 Å². The fraction of sp³-hybridized carbons (Fsp3) is 0.444. The first kappa shape index (κ1) is 16.5. The molecule has 20 heavy (non-hydrogen) atoms. The molecule has 0 heterocycles. The molecule has 0 bridgehead atoms. The Balaban J connectivity index is 2.56. The van der Waals surface area contributed by atoms with Crippen LogP contribution in [0, 0.1) is 5.92 Å². The summed E-state index contributed by atoms with van der Waals surface area (Å²) in [7, 11) is 1.67. The van der Waals surface area contributed by atoms with Crippen molar-refractivity contribution in [1.29, 1.82) is 0 Å². The minimum Gasteiger partial charge on any atom is -0.497 e. The summed E-state index contributed by atoms with van der Waals surface area (Å²) < 4.78 is 11.2. The third-order valence-electron chi connectivity index (χ3n) is 3.33. The van der Waals surface area contributed by atoms with Crippen molar-refractivity contribution >= 4 is 0 Å². The zero-order chi connectivity index (χ0) is 15.0. The fourth-order valence-corrected chi connectivity index (χ4v) is 2.23. The van der Waals surface area contributed by atoms with Gasteiger partial charge in [-0.1, -0.05) is 30.7 Å². The molecule has 0 saturated carbocycles. The second-order valence-electron chi connectivity index (χ2n) is 5.36. The number of allylic oxidation sites excluding steroid dienone is 1. The van der Waals surface area contributed by atoms with Gasteiger partial charge in [0.25, 0.3) is 0 Å². The van der Waals surface area contributed by atoms with Crippen LogP contribution in [0.4, 0.5) is 0 Å². The maximum absolute atomic E-state index is 6.05. The molecule has 1 aromatic carbocycles. The zero-order valence-electron chi connectivity index (χ0n) is 12.9. The minimum atomic E-state index is 0.186. The maximum atomic E-state index is 6.05. The van der Waals surface area contributed by atoms with Crippen molar-refractivity contribution < 1.29 is 9.47 Å². The van der Waals surface area contributed by atoms with Crippen LogP contribution in [-0.4, -0.2) is 13.2 Å². The summed E-state index contributed by atoms with van der Waals surface area (Å²) in [5.41, 5.74) is 2.35. The lowest BCUT2D eigenvalue weighted by molar-refractivity contribution is 0.00798. The third-order valence-corrected chi connectivity index (χ3v) is 3.33. The van der Waals surface area contributed by atoms with Gasteiger partial charge in [-0.25, -0.2) is 0 Å². The molecule has 0 aliphatic carbocycles. The molecule has 0 aliphatic heterocycles. The summed E-state index contributed by atoms with van der Waals surface area (Å²) in [6.45, 7) is 12.7. The molecule has 0 spiro atoms. The van der Waals surface area contributed by atoms with Crippen LogP contribution in [0.5, 0.6) is 5.75 Å². The second-order valence-corrected chi connectivity index (χ2v) is 5.36. The Morgan fingerprint density at radius 3 is 2.45 bits per heavy atom. The Bertz CT molecular complexity index is 420. The molecule has 110 valence electrons. The van der Waals surface area contributed by atoms with Crippen molar-refractivity contribution in [3.63, 3.8) is 0 Å². The molecule has 1 aromatic rings. The van der Waals surface area contributed by atoms with Gasteiger partial charge in [-0.2, -0.15) is 0 Å². The van der Waals surface area contributed by atoms with Gasteiger partial charge in [0.05, 0.1) is 19.8 Å². The summed E-state index contributed by atoms with van der Waals surface area (Å²) >= 11 is 0. The Hall–Kier alpha value is -1.54. The molecule has 0 saturated heterocycles. The average molecular weight is 274 g/mol. The van der Waals surface area contributed by atoms with Crippen molar-refractivity contribution in [2.24, 2.45) is 5.92 Å². The first-order chi connectivity index (χ1) is 9.56. The van der Waals surface area contributed by atoms with Gasteiger partial charge in [-0.15, -0.1) is 13.2 Å². The smallest absolute Gasteiger partial charge is 0.118 e. The highest BCUT2D eigenvalue weighted by Gasteiger charge is 2.16. The Labute approximate surface area is 123 Å². The summed E-state index contributed by atoms with van der Waals surface area (Å²) in [5, 5.41) is 0. The van der Waals surface area contributed by atoms with Crippen LogP contribution in [0.25, 0.3) is 0 Å². The van der Waals surface area contributed by atoms with E-state index < -0.39 is 0 Å². The third kappa shape index (κ3) is 5.62. The molecule has 0 fully saturated rings. The number of methoxy groups -OCH3 is 1. The molecule has 2 atom stereocenters. The lowest BCUT2D eigenvalue weighted by Gasteiger charge is -2.23. The lowest BCUT2D eigenvalue weighted by Crippen LogP contribution is -2.21. The van der Waals surface area contributed by atoms with Crippen LogP contribution in [0.2, 0.25) is 0 Å². The fourth-order valence-electron chi connectivity index (χ4n) is 2.23. The van der Waals surface area contributed by atoms with Gasteiger partial charge in [0.2, 0.25) is 0 Å². The van der Waals surface area contributed by atoms with Crippen LogP contribution in [0.3, 0.4) is 0 Å². The molecule has 2 heteroatoms. The van der Waals surface area contributed by atoms with E-state index in [4.69, 9.17) is 9.47 Å². The van der Waals surface area contributed by atoms with Gasteiger partial charge in [0.1, 0.15) is 5.75 Å². The lowest BCUT2D eigenvalue weighted by atomic mass is 9.95. The number of hydrogen-bond acceptors (Lipinski definition) is 2. The molecule has 0 radical (unpaired) electrons. The number of hydrogen-bond donors (Lipinski definition) is 0. The van der Waals surface area contributed by atoms with Gasteiger partial charge < -0.3 is 9.47 Å². The normalized spacial score (nSPS) is 13.6. The number of rotatable bonds is 9. The van der Waals surface area contributed by atoms with E-state index in [2.05, 4.69) is 27.0 Å². The quantitative estimate of drug-likeness (QED) is 0.604. The Morgan fingerprint density at radius 1 is 1.30 bits per heavy atom. The SMILES string of the molecule is C=CC[C@@H](OCc1ccc(OC)cc1)[C@@H](C)CC(=C)C. The zero-order valence-corrected chi connectivity index (χ0v) is 12.9. The largest absolute Gasteiger partial charge is 0.497 e. The van der Waals surface area contributed by atoms with Crippen LogP contribution in [-0.2, 0) is 11.3 Å². The molecular formula is C18H26O2. The highest BCUT2D eigenvalue weighted by atomic mass is 16.5. The monoisotopic (exact) mass is 274 g/mol. The molecule has 2 nitrogen and oxygen atoms in total. The van der Waals surface area contributed by atoms with Crippen molar-refractivity contribution in [3.05, 3.63) is 54.6 Å².